The van der Waals surface area contributed by atoms with E-state index in [-0.39, 0.29) is 29.8 Å². The topological polar surface area (TPSA) is 49.4 Å². The lowest BCUT2D eigenvalue weighted by atomic mass is 9.85. The van der Waals surface area contributed by atoms with Crippen molar-refractivity contribution in [1.82, 2.24) is 4.90 Å². The van der Waals surface area contributed by atoms with Crippen molar-refractivity contribution in [2.45, 2.75) is 38.1 Å². The van der Waals surface area contributed by atoms with Crippen molar-refractivity contribution in [3.05, 3.63) is 29.3 Å². The third-order valence-corrected chi connectivity index (χ3v) is 5.79. The second-order valence-electron chi connectivity index (χ2n) is 7.03. The van der Waals surface area contributed by atoms with Crippen LogP contribution < -0.4 is 5.32 Å². The Bertz CT molecular complexity index is 675. The van der Waals surface area contributed by atoms with E-state index in [1.807, 2.05) is 17.0 Å². The summed E-state index contributed by atoms with van der Waals surface area (Å²) in [7, 11) is 0. The number of carbonyl (C=O) groups is 2. The predicted octanol–water partition coefficient (Wildman–Crippen LogP) is 2.25. The van der Waals surface area contributed by atoms with Crippen LogP contribution >= 0.6 is 0 Å². The molecule has 2 saturated carbocycles. The molecule has 2 amide bonds. The summed E-state index contributed by atoms with van der Waals surface area (Å²) in [5, 5.41) is 3.00. The van der Waals surface area contributed by atoms with Crippen LogP contribution in [-0.4, -0.2) is 23.3 Å². The summed E-state index contributed by atoms with van der Waals surface area (Å²) < 4.78 is 0. The Hall–Kier alpha value is -1.84. The number of hydrogen-bond acceptors (Lipinski definition) is 2. The molecule has 1 N–H and O–H groups in total. The van der Waals surface area contributed by atoms with Gasteiger partial charge >= 0.3 is 0 Å². The first-order valence-corrected chi connectivity index (χ1v) is 7.92. The lowest BCUT2D eigenvalue weighted by Crippen LogP contribution is -2.41. The Morgan fingerprint density at radius 1 is 1.33 bits per heavy atom. The maximum atomic E-state index is 12.9. The van der Waals surface area contributed by atoms with E-state index < -0.39 is 0 Å². The highest BCUT2D eigenvalue weighted by Gasteiger charge is 2.75. The maximum absolute atomic E-state index is 12.9. The van der Waals surface area contributed by atoms with Crippen LogP contribution in [0, 0.1) is 11.3 Å². The zero-order chi connectivity index (χ0) is 14.2. The highest BCUT2D eigenvalue weighted by Crippen LogP contribution is 2.76. The van der Waals surface area contributed by atoms with Crippen LogP contribution in [0.1, 0.15) is 42.9 Å². The molecule has 3 aliphatic carbocycles. The van der Waals surface area contributed by atoms with E-state index in [9.17, 15) is 9.59 Å². The van der Waals surface area contributed by atoms with Crippen molar-refractivity contribution in [1.29, 1.82) is 0 Å². The third kappa shape index (κ3) is 1.50. The van der Waals surface area contributed by atoms with Gasteiger partial charge in [0.05, 0.1) is 11.5 Å². The molecule has 1 aromatic carbocycles. The van der Waals surface area contributed by atoms with Gasteiger partial charge in [-0.25, -0.2) is 0 Å². The molecule has 1 aliphatic heterocycles. The van der Waals surface area contributed by atoms with E-state index in [1.54, 1.807) is 0 Å². The average Bonchev–Trinajstić information content (AvgIpc) is 3.32. The molecule has 2 fully saturated rings. The van der Waals surface area contributed by atoms with Crippen LogP contribution in [0.3, 0.4) is 0 Å². The summed E-state index contributed by atoms with van der Waals surface area (Å²) in [6, 6.07) is 6.21. The zero-order valence-electron chi connectivity index (χ0n) is 11.9. The smallest absolute Gasteiger partial charge is 0.244 e. The van der Waals surface area contributed by atoms with Gasteiger partial charge in [0.2, 0.25) is 11.8 Å². The molecule has 108 valence electrons. The molecular formula is C17H18N2O2. The van der Waals surface area contributed by atoms with Gasteiger partial charge in [-0.05, 0) is 49.7 Å². The summed E-state index contributed by atoms with van der Waals surface area (Å²) in [6.07, 6.45) is 5.21. The molecule has 4 heteroatoms. The number of fused-ring (bicyclic) bond motifs is 1. The molecule has 1 heterocycles. The van der Waals surface area contributed by atoms with Gasteiger partial charge in [0.15, 0.2) is 0 Å². The number of rotatable bonds is 1. The Labute approximate surface area is 123 Å². The molecule has 0 radical (unpaired) electrons. The van der Waals surface area contributed by atoms with Gasteiger partial charge in [-0.15, -0.1) is 0 Å². The molecule has 21 heavy (non-hydrogen) atoms. The summed E-state index contributed by atoms with van der Waals surface area (Å²) in [4.78, 5) is 27.0. The van der Waals surface area contributed by atoms with Gasteiger partial charge < -0.3 is 10.2 Å². The van der Waals surface area contributed by atoms with E-state index in [2.05, 4.69) is 11.4 Å². The van der Waals surface area contributed by atoms with E-state index in [0.717, 1.165) is 37.8 Å². The fraction of sp³-hybridized carbons (Fsp3) is 0.529. The van der Waals surface area contributed by atoms with Gasteiger partial charge in [-0.1, -0.05) is 12.1 Å². The van der Waals surface area contributed by atoms with Crippen LogP contribution in [-0.2, 0) is 16.0 Å². The summed E-state index contributed by atoms with van der Waals surface area (Å²) >= 11 is 0. The summed E-state index contributed by atoms with van der Waals surface area (Å²) in [5.41, 5.74) is 3.34. The normalized spacial score (nSPS) is 35.2. The standard InChI is InChI=1S/C17H18N2O2/c20-14-9-19(16(21)17-7-11(17)8-17)13-6-2-4-10-3-1-5-12(18-14)15(10)13/h1,3,5,11,13H,2,4,6-9H2,(H,18,20). The van der Waals surface area contributed by atoms with Gasteiger partial charge in [0.25, 0.3) is 0 Å². The molecule has 1 unspecified atom stereocenters. The monoisotopic (exact) mass is 282 g/mol. The summed E-state index contributed by atoms with van der Waals surface area (Å²) in [6.45, 7) is 0.214. The van der Waals surface area contributed by atoms with E-state index >= 15 is 0 Å². The number of benzene rings is 1. The van der Waals surface area contributed by atoms with Crippen molar-refractivity contribution >= 4 is 17.5 Å². The van der Waals surface area contributed by atoms with Gasteiger partial charge in [0, 0.05) is 11.3 Å². The SMILES string of the molecule is O=C1CN(C(=O)C23CC2C3)C2CCCc3cccc(c32)N1. The minimum Gasteiger partial charge on any atom is -0.326 e. The first kappa shape index (κ1) is 11.8. The van der Waals surface area contributed by atoms with E-state index in [1.165, 1.54) is 11.1 Å². The molecule has 0 aromatic heterocycles. The number of hydrogen-bond donors (Lipinski definition) is 1. The highest BCUT2D eigenvalue weighted by atomic mass is 16.2. The Balaban J connectivity index is 1.62. The zero-order valence-corrected chi connectivity index (χ0v) is 11.9. The van der Waals surface area contributed by atoms with Gasteiger partial charge in [-0.3, -0.25) is 9.59 Å². The molecule has 0 saturated heterocycles. The number of aryl methyl sites for hydroxylation is 1. The number of amides is 2. The molecule has 0 spiro atoms. The molecule has 4 aliphatic rings. The predicted molar refractivity (Wildman–Crippen MR) is 77.6 cm³/mol. The van der Waals surface area contributed by atoms with Crippen LogP contribution in [0.15, 0.2) is 18.2 Å². The second-order valence-corrected chi connectivity index (χ2v) is 7.03. The van der Waals surface area contributed by atoms with Crippen LogP contribution in [0.4, 0.5) is 5.69 Å². The van der Waals surface area contributed by atoms with Crippen molar-refractivity contribution in [3.63, 3.8) is 0 Å². The van der Waals surface area contributed by atoms with Crippen molar-refractivity contribution in [2.75, 3.05) is 11.9 Å². The van der Waals surface area contributed by atoms with Crippen LogP contribution in [0.25, 0.3) is 0 Å². The highest BCUT2D eigenvalue weighted by molar-refractivity contribution is 5.99. The average molecular weight is 282 g/mol. The molecule has 1 atom stereocenters. The molecule has 4 nitrogen and oxygen atoms in total. The van der Waals surface area contributed by atoms with Crippen LogP contribution in [0.5, 0.6) is 0 Å². The fourth-order valence-corrected chi connectivity index (χ4v) is 4.28. The minimum absolute atomic E-state index is 0.0552. The number of nitrogens with one attached hydrogen (secondary N) is 1. The van der Waals surface area contributed by atoms with E-state index in [4.69, 9.17) is 0 Å². The number of anilines is 1. The molecule has 5 rings (SSSR count). The van der Waals surface area contributed by atoms with Crippen molar-refractivity contribution in [2.24, 2.45) is 11.3 Å². The lowest BCUT2D eigenvalue weighted by Gasteiger charge is -2.35. The quantitative estimate of drug-likeness (QED) is 0.859. The van der Waals surface area contributed by atoms with Gasteiger partial charge in [0.1, 0.15) is 6.54 Å². The van der Waals surface area contributed by atoms with Gasteiger partial charge in [-0.2, -0.15) is 0 Å². The van der Waals surface area contributed by atoms with Crippen LogP contribution in [0.2, 0.25) is 0 Å². The minimum atomic E-state index is -0.0584. The largest absolute Gasteiger partial charge is 0.326 e. The lowest BCUT2D eigenvalue weighted by molar-refractivity contribution is -0.140. The number of nitrogens with zero attached hydrogens (tertiary/aromatic N) is 1. The first-order chi connectivity index (χ1) is 10.2. The molecule has 0 bridgehead atoms. The van der Waals surface area contributed by atoms with Crippen molar-refractivity contribution < 1.29 is 9.59 Å². The van der Waals surface area contributed by atoms with Crippen molar-refractivity contribution in [3.8, 4) is 0 Å². The molecule has 1 aromatic rings. The Morgan fingerprint density at radius 3 is 2.90 bits per heavy atom. The second kappa shape index (κ2) is 3.67. The summed E-state index contributed by atoms with van der Waals surface area (Å²) in [5.74, 6) is 0.798. The Morgan fingerprint density at radius 2 is 2.14 bits per heavy atom. The third-order valence-electron chi connectivity index (χ3n) is 5.79. The molecular weight excluding hydrogens is 264 g/mol. The first-order valence-electron chi connectivity index (χ1n) is 7.92. The van der Waals surface area contributed by atoms with E-state index in [0.29, 0.717) is 5.92 Å². The maximum Gasteiger partial charge on any atom is 0.244 e. The fourth-order valence-electron chi connectivity index (χ4n) is 4.28. The Kier molecular flexibility index (Phi) is 2.06. The number of carbonyl (C=O) groups excluding carboxylic acids is 2.